The first-order valence-corrected chi connectivity index (χ1v) is 8.17. The molecule has 0 aromatic heterocycles. The van der Waals surface area contributed by atoms with E-state index in [9.17, 15) is 18.5 Å². The van der Waals surface area contributed by atoms with E-state index in [2.05, 4.69) is 11.9 Å². The van der Waals surface area contributed by atoms with Gasteiger partial charge in [0.15, 0.2) is 9.84 Å². The van der Waals surface area contributed by atoms with Crippen LogP contribution in [0.4, 0.5) is 11.4 Å². The van der Waals surface area contributed by atoms with Crippen LogP contribution in [0.2, 0.25) is 0 Å². The zero-order valence-corrected chi connectivity index (χ0v) is 12.6. The Kier molecular flexibility index (Phi) is 6.32. The molecule has 0 fully saturated rings. The molecule has 0 bridgehead atoms. The van der Waals surface area contributed by atoms with Crippen LogP contribution in [0, 0.1) is 10.1 Å². The lowest BCUT2D eigenvalue weighted by Gasteiger charge is -2.09. The second kappa shape index (κ2) is 7.75. The molecule has 0 amide bonds. The average molecular weight is 314 g/mol. The SMILES string of the molecule is C=CCCOCCNc1cccc(S(C)(=O)=O)c1[N+](=O)[O-]. The molecule has 0 aliphatic rings. The van der Waals surface area contributed by atoms with Crippen molar-refractivity contribution in [3.8, 4) is 0 Å². The van der Waals surface area contributed by atoms with Crippen molar-refractivity contribution in [3.05, 3.63) is 41.0 Å². The van der Waals surface area contributed by atoms with Gasteiger partial charge in [-0.2, -0.15) is 0 Å². The summed E-state index contributed by atoms with van der Waals surface area (Å²) >= 11 is 0. The van der Waals surface area contributed by atoms with Gasteiger partial charge in [0, 0.05) is 12.8 Å². The van der Waals surface area contributed by atoms with Crippen LogP contribution < -0.4 is 5.32 Å². The molecule has 116 valence electrons. The van der Waals surface area contributed by atoms with Crippen molar-refractivity contribution < 1.29 is 18.1 Å². The molecule has 0 aliphatic heterocycles. The highest BCUT2D eigenvalue weighted by Crippen LogP contribution is 2.31. The molecule has 7 nitrogen and oxygen atoms in total. The quantitative estimate of drug-likeness (QED) is 0.324. The number of nitrogens with zero attached hydrogens (tertiary/aromatic N) is 1. The highest BCUT2D eigenvalue weighted by Gasteiger charge is 2.25. The molecule has 0 atom stereocenters. The van der Waals surface area contributed by atoms with Gasteiger partial charge in [0.1, 0.15) is 10.6 Å². The Morgan fingerprint density at radius 3 is 2.71 bits per heavy atom. The van der Waals surface area contributed by atoms with E-state index in [0.29, 0.717) is 19.8 Å². The van der Waals surface area contributed by atoms with Crippen LogP contribution in [0.5, 0.6) is 0 Å². The molecule has 0 saturated heterocycles. The Morgan fingerprint density at radius 1 is 1.43 bits per heavy atom. The van der Waals surface area contributed by atoms with Gasteiger partial charge >= 0.3 is 5.69 Å². The summed E-state index contributed by atoms with van der Waals surface area (Å²) in [7, 11) is -3.67. The van der Waals surface area contributed by atoms with Crippen LogP contribution in [-0.2, 0) is 14.6 Å². The lowest BCUT2D eigenvalue weighted by Crippen LogP contribution is -2.12. The molecule has 0 spiro atoms. The number of sulfone groups is 1. The summed E-state index contributed by atoms with van der Waals surface area (Å²) in [6, 6.07) is 4.15. The molecule has 1 aromatic rings. The summed E-state index contributed by atoms with van der Waals surface area (Å²) in [5.74, 6) is 0. The third kappa shape index (κ3) is 5.16. The minimum absolute atomic E-state index is 0.162. The molecule has 1 rings (SSSR count). The summed E-state index contributed by atoms with van der Waals surface area (Å²) < 4.78 is 28.5. The van der Waals surface area contributed by atoms with Crippen molar-refractivity contribution in [1.29, 1.82) is 0 Å². The molecule has 0 aliphatic carbocycles. The van der Waals surface area contributed by atoms with Crippen LogP contribution in [0.1, 0.15) is 6.42 Å². The smallest absolute Gasteiger partial charge is 0.310 e. The summed E-state index contributed by atoms with van der Waals surface area (Å²) in [6.07, 6.45) is 3.40. The fourth-order valence-corrected chi connectivity index (χ4v) is 2.54. The zero-order valence-electron chi connectivity index (χ0n) is 11.7. The third-order valence-corrected chi connectivity index (χ3v) is 3.74. The summed E-state index contributed by atoms with van der Waals surface area (Å²) in [5, 5.41) is 13.9. The van der Waals surface area contributed by atoms with Crippen LogP contribution in [-0.4, -0.2) is 39.4 Å². The number of hydrogen-bond donors (Lipinski definition) is 1. The topological polar surface area (TPSA) is 98.5 Å². The van der Waals surface area contributed by atoms with Gasteiger partial charge in [0.2, 0.25) is 0 Å². The predicted octanol–water partition coefficient (Wildman–Crippen LogP) is 2.00. The van der Waals surface area contributed by atoms with Crippen molar-refractivity contribution in [2.24, 2.45) is 0 Å². The number of anilines is 1. The normalized spacial score (nSPS) is 11.1. The number of benzene rings is 1. The van der Waals surface area contributed by atoms with Gasteiger partial charge in [-0.3, -0.25) is 10.1 Å². The van der Waals surface area contributed by atoms with Crippen LogP contribution in [0.3, 0.4) is 0 Å². The van der Waals surface area contributed by atoms with Gasteiger partial charge in [0.25, 0.3) is 0 Å². The maximum absolute atomic E-state index is 11.6. The second-order valence-electron chi connectivity index (χ2n) is 4.30. The standard InChI is InChI=1S/C13H18N2O5S/c1-3-4-9-20-10-8-14-11-6-5-7-12(21(2,18)19)13(11)15(16)17/h3,5-7,14H,1,4,8-10H2,2H3. The maximum Gasteiger partial charge on any atom is 0.310 e. The summed E-state index contributed by atoms with van der Waals surface area (Å²) in [5.41, 5.74) is -0.277. The van der Waals surface area contributed by atoms with Crippen molar-refractivity contribution in [1.82, 2.24) is 0 Å². The number of nitro benzene ring substituents is 1. The van der Waals surface area contributed by atoms with Crippen molar-refractivity contribution >= 4 is 21.2 Å². The van der Waals surface area contributed by atoms with Crippen molar-refractivity contribution in [3.63, 3.8) is 0 Å². The molecule has 1 aromatic carbocycles. The summed E-state index contributed by atoms with van der Waals surface area (Å²) in [6.45, 7) is 4.78. The Bertz CT molecular complexity index is 613. The molecule has 21 heavy (non-hydrogen) atoms. The van der Waals surface area contributed by atoms with E-state index in [4.69, 9.17) is 4.74 Å². The number of ether oxygens (including phenoxy) is 1. The van der Waals surface area contributed by atoms with E-state index >= 15 is 0 Å². The minimum Gasteiger partial charge on any atom is -0.379 e. The maximum atomic E-state index is 11.6. The fraction of sp³-hybridized carbons (Fsp3) is 0.385. The number of nitro groups is 1. The van der Waals surface area contributed by atoms with Gasteiger partial charge < -0.3 is 10.1 Å². The molecule has 0 unspecified atom stereocenters. The molecular weight excluding hydrogens is 296 g/mol. The summed E-state index contributed by atoms with van der Waals surface area (Å²) in [4.78, 5) is 10.1. The number of rotatable bonds is 9. The van der Waals surface area contributed by atoms with Gasteiger partial charge in [-0.1, -0.05) is 12.1 Å². The Hall–Kier alpha value is -1.93. The minimum atomic E-state index is -3.67. The van der Waals surface area contributed by atoms with Crippen LogP contribution in [0.25, 0.3) is 0 Å². The highest BCUT2D eigenvalue weighted by molar-refractivity contribution is 7.90. The molecule has 0 saturated carbocycles. The Morgan fingerprint density at radius 2 is 2.14 bits per heavy atom. The van der Waals surface area contributed by atoms with Gasteiger partial charge in [0.05, 0.1) is 18.1 Å². The largest absolute Gasteiger partial charge is 0.379 e. The van der Waals surface area contributed by atoms with Gasteiger partial charge in [-0.15, -0.1) is 6.58 Å². The predicted molar refractivity (Wildman–Crippen MR) is 80.3 cm³/mol. The fourth-order valence-electron chi connectivity index (χ4n) is 1.68. The van der Waals surface area contributed by atoms with Crippen LogP contribution >= 0.6 is 0 Å². The second-order valence-corrected chi connectivity index (χ2v) is 6.28. The van der Waals surface area contributed by atoms with E-state index in [0.717, 1.165) is 12.7 Å². The zero-order chi connectivity index (χ0) is 15.9. The number of nitrogens with one attached hydrogen (secondary N) is 1. The first kappa shape index (κ1) is 17.1. The third-order valence-electron chi connectivity index (χ3n) is 2.61. The molecular formula is C13H18N2O5S. The number of hydrogen-bond acceptors (Lipinski definition) is 6. The van der Waals surface area contributed by atoms with Gasteiger partial charge in [-0.25, -0.2) is 8.42 Å². The molecule has 1 N–H and O–H groups in total. The van der Waals surface area contributed by atoms with E-state index < -0.39 is 20.4 Å². The van der Waals surface area contributed by atoms with E-state index in [-0.39, 0.29) is 10.6 Å². The highest BCUT2D eigenvalue weighted by atomic mass is 32.2. The first-order chi connectivity index (χ1) is 9.88. The average Bonchev–Trinajstić information content (AvgIpc) is 2.41. The molecule has 0 heterocycles. The van der Waals surface area contributed by atoms with E-state index in [1.807, 2.05) is 0 Å². The van der Waals surface area contributed by atoms with Gasteiger partial charge in [-0.05, 0) is 18.6 Å². The number of para-hydroxylation sites is 1. The lowest BCUT2D eigenvalue weighted by molar-refractivity contribution is -0.386. The molecule has 8 heteroatoms. The van der Waals surface area contributed by atoms with Crippen LogP contribution in [0.15, 0.2) is 35.7 Å². The Labute approximate surface area is 123 Å². The first-order valence-electron chi connectivity index (χ1n) is 6.28. The van der Waals surface area contributed by atoms with Crippen molar-refractivity contribution in [2.45, 2.75) is 11.3 Å². The Balaban J connectivity index is 2.83. The van der Waals surface area contributed by atoms with E-state index in [1.54, 1.807) is 6.08 Å². The van der Waals surface area contributed by atoms with E-state index in [1.165, 1.54) is 18.2 Å². The molecule has 0 radical (unpaired) electrons. The lowest BCUT2D eigenvalue weighted by atomic mass is 10.2. The monoisotopic (exact) mass is 314 g/mol. The van der Waals surface area contributed by atoms with Crippen molar-refractivity contribution in [2.75, 3.05) is 31.3 Å².